The standard InChI is InChI=1S/C14H20ClNO3S/c1-2-19-14-6-4-3-5-13(14)16-20(17,18)12-9-7-11(15)8-10-12/h7-10,13-14,16H,2-6H2,1H3/t13-,14+/m0/s1. The fraction of sp³-hybridized carbons (Fsp3) is 0.571. The second kappa shape index (κ2) is 6.89. The van der Waals surface area contributed by atoms with Crippen molar-refractivity contribution in [3.8, 4) is 0 Å². The van der Waals surface area contributed by atoms with E-state index in [0.29, 0.717) is 11.6 Å². The smallest absolute Gasteiger partial charge is 0.240 e. The Morgan fingerprint density at radius 2 is 1.90 bits per heavy atom. The summed E-state index contributed by atoms with van der Waals surface area (Å²) in [5, 5.41) is 0.522. The number of benzene rings is 1. The first-order valence-corrected chi connectivity index (χ1v) is 8.78. The molecule has 1 fully saturated rings. The van der Waals surface area contributed by atoms with Gasteiger partial charge in [0, 0.05) is 17.7 Å². The highest BCUT2D eigenvalue weighted by molar-refractivity contribution is 7.89. The van der Waals surface area contributed by atoms with Gasteiger partial charge < -0.3 is 4.74 Å². The molecule has 20 heavy (non-hydrogen) atoms. The SMILES string of the molecule is CCO[C@@H]1CCCC[C@@H]1NS(=O)(=O)c1ccc(Cl)cc1. The van der Waals surface area contributed by atoms with Gasteiger partial charge in [0.1, 0.15) is 0 Å². The van der Waals surface area contributed by atoms with Crippen LogP contribution in [0.3, 0.4) is 0 Å². The van der Waals surface area contributed by atoms with Crippen molar-refractivity contribution in [2.45, 2.75) is 49.6 Å². The first-order valence-electron chi connectivity index (χ1n) is 6.92. The van der Waals surface area contributed by atoms with E-state index in [-0.39, 0.29) is 17.0 Å². The molecule has 1 aromatic carbocycles. The third-order valence-corrected chi connectivity index (χ3v) is 5.27. The summed E-state index contributed by atoms with van der Waals surface area (Å²) in [5.41, 5.74) is 0. The van der Waals surface area contributed by atoms with Crippen LogP contribution in [0.25, 0.3) is 0 Å². The van der Waals surface area contributed by atoms with E-state index in [9.17, 15) is 8.42 Å². The number of nitrogens with one attached hydrogen (secondary N) is 1. The predicted molar refractivity (Wildman–Crippen MR) is 79.4 cm³/mol. The predicted octanol–water partition coefficient (Wildman–Crippen LogP) is 2.97. The molecule has 6 heteroatoms. The molecule has 1 saturated carbocycles. The number of rotatable bonds is 5. The summed E-state index contributed by atoms with van der Waals surface area (Å²) in [4.78, 5) is 0.239. The van der Waals surface area contributed by atoms with E-state index < -0.39 is 10.0 Å². The summed E-state index contributed by atoms with van der Waals surface area (Å²) < 4.78 is 33.1. The van der Waals surface area contributed by atoms with Gasteiger partial charge >= 0.3 is 0 Å². The van der Waals surface area contributed by atoms with Crippen molar-refractivity contribution in [1.29, 1.82) is 0 Å². The van der Waals surface area contributed by atoms with Crippen LogP contribution in [0.2, 0.25) is 5.02 Å². The molecular weight excluding hydrogens is 298 g/mol. The van der Waals surface area contributed by atoms with Gasteiger partial charge in [0.15, 0.2) is 0 Å². The van der Waals surface area contributed by atoms with E-state index >= 15 is 0 Å². The van der Waals surface area contributed by atoms with Gasteiger partial charge in [0.2, 0.25) is 10.0 Å². The molecule has 1 N–H and O–H groups in total. The summed E-state index contributed by atoms with van der Waals surface area (Å²) in [6.45, 7) is 2.53. The molecule has 0 heterocycles. The van der Waals surface area contributed by atoms with Gasteiger partial charge in [-0.2, -0.15) is 0 Å². The quantitative estimate of drug-likeness (QED) is 0.908. The first-order chi connectivity index (χ1) is 9.53. The molecule has 2 rings (SSSR count). The Hall–Kier alpha value is -0.620. The maximum atomic E-state index is 12.4. The van der Waals surface area contributed by atoms with Crippen molar-refractivity contribution in [2.24, 2.45) is 0 Å². The van der Waals surface area contributed by atoms with Crippen LogP contribution in [0.5, 0.6) is 0 Å². The lowest BCUT2D eigenvalue weighted by Crippen LogP contribution is -2.46. The van der Waals surface area contributed by atoms with E-state index in [1.165, 1.54) is 12.1 Å². The van der Waals surface area contributed by atoms with Gasteiger partial charge in [-0.25, -0.2) is 13.1 Å². The zero-order valence-corrected chi connectivity index (χ0v) is 13.1. The second-order valence-electron chi connectivity index (χ2n) is 4.96. The fourth-order valence-corrected chi connectivity index (χ4v) is 3.95. The Labute approximate surface area is 125 Å². The van der Waals surface area contributed by atoms with Crippen LogP contribution in [0.15, 0.2) is 29.2 Å². The van der Waals surface area contributed by atoms with Gasteiger partial charge in [-0.15, -0.1) is 0 Å². The molecule has 1 aliphatic rings. The summed E-state index contributed by atoms with van der Waals surface area (Å²) in [6.07, 6.45) is 3.80. The topological polar surface area (TPSA) is 55.4 Å². The largest absolute Gasteiger partial charge is 0.377 e. The summed E-state index contributed by atoms with van der Waals surface area (Å²) >= 11 is 5.78. The van der Waals surface area contributed by atoms with Crippen LogP contribution < -0.4 is 4.72 Å². The minimum absolute atomic E-state index is 0.0316. The number of hydrogen-bond acceptors (Lipinski definition) is 3. The highest BCUT2D eigenvalue weighted by Crippen LogP contribution is 2.23. The Kier molecular flexibility index (Phi) is 5.43. The summed E-state index contributed by atoms with van der Waals surface area (Å²) in [5.74, 6) is 0. The van der Waals surface area contributed by atoms with Gasteiger partial charge in [-0.3, -0.25) is 0 Å². The monoisotopic (exact) mass is 317 g/mol. The second-order valence-corrected chi connectivity index (χ2v) is 7.11. The third kappa shape index (κ3) is 3.95. The third-order valence-electron chi connectivity index (χ3n) is 3.51. The van der Waals surface area contributed by atoms with E-state index in [4.69, 9.17) is 16.3 Å². The van der Waals surface area contributed by atoms with E-state index in [0.717, 1.165) is 25.7 Å². The zero-order valence-electron chi connectivity index (χ0n) is 11.5. The lowest BCUT2D eigenvalue weighted by molar-refractivity contribution is 0.0184. The number of ether oxygens (including phenoxy) is 1. The normalized spacial score (nSPS) is 23.7. The van der Waals surface area contributed by atoms with Gasteiger partial charge in [-0.05, 0) is 44.0 Å². The Morgan fingerprint density at radius 3 is 2.55 bits per heavy atom. The number of halogens is 1. The van der Waals surface area contributed by atoms with E-state index in [1.807, 2.05) is 6.92 Å². The highest BCUT2D eigenvalue weighted by atomic mass is 35.5. The van der Waals surface area contributed by atoms with Crippen LogP contribution in [0.1, 0.15) is 32.6 Å². The Balaban J connectivity index is 2.12. The Morgan fingerprint density at radius 1 is 1.25 bits per heavy atom. The Bertz CT molecular complexity index is 528. The molecular formula is C14H20ClNO3S. The van der Waals surface area contributed by atoms with Crippen LogP contribution in [-0.4, -0.2) is 27.2 Å². The molecule has 0 unspecified atom stereocenters. The van der Waals surface area contributed by atoms with Crippen LogP contribution in [0, 0.1) is 0 Å². The maximum Gasteiger partial charge on any atom is 0.240 e. The molecule has 0 aliphatic heterocycles. The van der Waals surface area contributed by atoms with Crippen molar-refractivity contribution in [2.75, 3.05) is 6.61 Å². The molecule has 0 amide bonds. The summed E-state index contributed by atoms with van der Waals surface area (Å²) in [6, 6.07) is 6.05. The molecule has 0 bridgehead atoms. The van der Waals surface area contributed by atoms with Crippen molar-refractivity contribution in [3.05, 3.63) is 29.3 Å². The van der Waals surface area contributed by atoms with E-state index in [2.05, 4.69) is 4.72 Å². The van der Waals surface area contributed by atoms with Crippen LogP contribution in [-0.2, 0) is 14.8 Å². The van der Waals surface area contributed by atoms with Crippen molar-refractivity contribution in [3.63, 3.8) is 0 Å². The average Bonchev–Trinajstić information content (AvgIpc) is 2.41. The zero-order chi connectivity index (χ0) is 14.6. The summed E-state index contributed by atoms with van der Waals surface area (Å²) in [7, 11) is -3.52. The molecule has 0 spiro atoms. The molecule has 0 aromatic heterocycles. The van der Waals surface area contributed by atoms with Crippen molar-refractivity contribution in [1.82, 2.24) is 4.72 Å². The van der Waals surface area contributed by atoms with Crippen molar-refractivity contribution < 1.29 is 13.2 Å². The molecule has 1 aromatic rings. The molecule has 0 saturated heterocycles. The molecule has 1 aliphatic carbocycles. The van der Waals surface area contributed by atoms with Crippen LogP contribution in [0.4, 0.5) is 0 Å². The lowest BCUT2D eigenvalue weighted by atomic mass is 9.93. The van der Waals surface area contributed by atoms with E-state index in [1.54, 1.807) is 12.1 Å². The van der Waals surface area contributed by atoms with Crippen molar-refractivity contribution >= 4 is 21.6 Å². The lowest BCUT2D eigenvalue weighted by Gasteiger charge is -2.31. The van der Waals surface area contributed by atoms with Gasteiger partial charge in [-0.1, -0.05) is 24.4 Å². The molecule has 4 nitrogen and oxygen atoms in total. The van der Waals surface area contributed by atoms with Gasteiger partial charge in [0.25, 0.3) is 0 Å². The molecule has 112 valence electrons. The minimum atomic E-state index is -3.52. The molecule has 0 radical (unpaired) electrons. The molecule has 2 atom stereocenters. The average molecular weight is 318 g/mol. The fourth-order valence-electron chi connectivity index (χ4n) is 2.53. The number of sulfonamides is 1. The first kappa shape index (κ1) is 15.8. The minimum Gasteiger partial charge on any atom is -0.377 e. The highest BCUT2D eigenvalue weighted by Gasteiger charge is 2.29. The van der Waals surface area contributed by atoms with Crippen LogP contribution >= 0.6 is 11.6 Å². The van der Waals surface area contributed by atoms with Gasteiger partial charge in [0.05, 0.1) is 11.0 Å². The number of hydrogen-bond donors (Lipinski definition) is 1. The maximum absolute atomic E-state index is 12.4.